The first kappa shape index (κ1) is 20.8. The molecule has 1 saturated carbocycles. The summed E-state index contributed by atoms with van der Waals surface area (Å²) in [6, 6.07) is 11.1. The summed E-state index contributed by atoms with van der Waals surface area (Å²) in [5.41, 5.74) is 1.97. The third-order valence-corrected chi connectivity index (χ3v) is 6.46. The molecule has 166 valence electrons. The van der Waals surface area contributed by atoms with Crippen LogP contribution in [0.3, 0.4) is 0 Å². The van der Waals surface area contributed by atoms with Gasteiger partial charge in [-0.05, 0) is 61.9 Å². The zero-order valence-corrected chi connectivity index (χ0v) is 18.2. The summed E-state index contributed by atoms with van der Waals surface area (Å²) in [4.78, 5) is 15.6. The number of carbonyl (C=O) groups is 1. The van der Waals surface area contributed by atoms with Gasteiger partial charge < -0.3 is 15.2 Å². The predicted octanol–water partition coefficient (Wildman–Crippen LogP) is 4.16. The van der Waals surface area contributed by atoms with Crippen LogP contribution in [0.1, 0.15) is 48.8 Å². The Morgan fingerprint density at radius 3 is 2.72 bits per heavy atom. The predicted molar refractivity (Wildman–Crippen MR) is 119 cm³/mol. The number of carboxylic acid groups (broad SMARTS) is 1. The van der Waals surface area contributed by atoms with Gasteiger partial charge in [0, 0.05) is 35.7 Å². The third-order valence-electron chi connectivity index (χ3n) is 6.22. The summed E-state index contributed by atoms with van der Waals surface area (Å²) < 4.78 is 8.15. The Balaban J connectivity index is 1.39. The highest BCUT2D eigenvalue weighted by molar-refractivity contribution is 6.30. The zero-order chi connectivity index (χ0) is 22.1. The monoisotopic (exact) mass is 453 g/mol. The molecule has 1 amide bonds. The fourth-order valence-electron chi connectivity index (χ4n) is 4.79. The largest absolute Gasteiger partial charge is 0.474 e. The van der Waals surface area contributed by atoms with E-state index in [1.807, 2.05) is 36.4 Å². The summed E-state index contributed by atoms with van der Waals surface area (Å²) in [6.07, 6.45) is 5.58. The van der Waals surface area contributed by atoms with E-state index in [4.69, 9.17) is 16.3 Å². The minimum atomic E-state index is -1.04. The van der Waals surface area contributed by atoms with Crippen LogP contribution in [0.15, 0.2) is 42.6 Å². The number of halogens is 1. The molecule has 1 aliphatic heterocycles. The van der Waals surface area contributed by atoms with Gasteiger partial charge in [-0.2, -0.15) is 0 Å². The molecule has 0 radical (unpaired) electrons. The smallest absolute Gasteiger partial charge is 0.404 e. The van der Waals surface area contributed by atoms with Crippen molar-refractivity contribution in [1.82, 2.24) is 25.1 Å². The molecule has 1 unspecified atom stereocenters. The number of rotatable bonds is 4. The fourth-order valence-corrected chi connectivity index (χ4v) is 4.98. The molecule has 3 aromatic rings. The van der Waals surface area contributed by atoms with Crippen molar-refractivity contribution in [2.45, 2.75) is 56.6 Å². The molecule has 5 rings (SSSR count). The molecule has 2 aromatic heterocycles. The van der Waals surface area contributed by atoms with Gasteiger partial charge in [0.1, 0.15) is 17.8 Å². The molecule has 0 bridgehead atoms. The number of nitrogens with one attached hydrogen (secondary N) is 1. The Morgan fingerprint density at radius 2 is 1.97 bits per heavy atom. The number of ether oxygens (including phenoxy) is 1. The van der Waals surface area contributed by atoms with Crippen LogP contribution in [0.25, 0.3) is 5.69 Å². The first-order chi connectivity index (χ1) is 15.6. The van der Waals surface area contributed by atoms with Gasteiger partial charge in [-0.25, -0.2) is 9.78 Å². The second-order valence-electron chi connectivity index (χ2n) is 8.40. The lowest BCUT2D eigenvalue weighted by Gasteiger charge is -2.28. The van der Waals surface area contributed by atoms with Gasteiger partial charge >= 0.3 is 6.09 Å². The van der Waals surface area contributed by atoms with Gasteiger partial charge in [-0.3, -0.25) is 4.57 Å². The Hall–Kier alpha value is -3.13. The van der Waals surface area contributed by atoms with E-state index in [2.05, 4.69) is 25.1 Å². The summed E-state index contributed by atoms with van der Waals surface area (Å²) in [7, 11) is 0. The van der Waals surface area contributed by atoms with E-state index < -0.39 is 6.09 Å². The lowest BCUT2D eigenvalue weighted by atomic mass is 9.86. The van der Waals surface area contributed by atoms with Crippen molar-refractivity contribution in [2.24, 2.45) is 0 Å². The average molecular weight is 454 g/mol. The zero-order valence-electron chi connectivity index (χ0n) is 17.4. The van der Waals surface area contributed by atoms with Crippen LogP contribution >= 0.6 is 11.6 Å². The summed E-state index contributed by atoms with van der Waals surface area (Å²) >= 11 is 6.26. The molecule has 0 saturated heterocycles. The standard InChI is InChI=1S/C23H24ClN5O3/c24-16-6-9-19-15(11-16)12-17(26-23(30)31)13-20-27-28-22(29(19)20)14-4-7-18(8-5-14)32-21-3-1-2-10-25-21/h1-3,6,9-11,14,17-18,26H,4-5,7-8,12-13H2,(H,30,31). The molecule has 3 heterocycles. The second kappa shape index (κ2) is 8.78. The van der Waals surface area contributed by atoms with Crippen molar-refractivity contribution < 1.29 is 14.6 Å². The highest BCUT2D eigenvalue weighted by atomic mass is 35.5. The van der Waals surface area contributed by atoms with Crippen molar-refractivity contribution >= 4 is 17.7 Å². The minimum Gasteiger partial charge on any atom is -0.474 e. The van der Waals surface area contributed by atoms with Gasteiger partial charge in [0.05, 0.1) is 5.69 Å². The number of hydrogen-bond acceptors (Lipinski definition) is 5. The number of amides is 1. The Kier molecular flexibility index (Phi) is 5.70. The molecule has 1 aromatic carbocycles. The van der Waals surface area contributed by atoms with Crippen LogP contribution in [0, 0.1) is 0 Å². The van der Waals surface area contributed by atoms with E-state index in [0.717, 1.165) is 48.6 Å². The first-order valence-corrected chi connectivity index (χ1v) is 11.2. The Morgan fingerprint density at radius 1 is 1.12 bits per heavy atom. The molecule has 8 nitrogen and oxygen atoms in total. The fraction of sp³-hybridized carbons (Fsp3) is 0.391. The van der Waals surface area contributed by atoms with Crippen molar-refractivity contribution in [3.63, 3.8) is 0 Å². The third kappa shape index (κ3) is 4.27. The van der Waals surface area contributed by atoms with Gasteiger partial charge in [0.2, 0.25) is 5.88 Å². The first-order valence-electron chi connectivity index (χ1n) is 10.9. The number of aromatic nitrogens is 4. The molecule has 1 fully saturated rings. The van der Waals surface area contributed by atoms with E-state index in [1.165, 1.54) is 0 Å². The van der Waals surface area contributed by atoms with Gasteiger partial charge in [-0.1, -0.05) is 17.7 Å². The molecular weight excluding hydrogens is 430 g/mol. The summed E-state index contributed by atoms with van der Waals surface area (Å²) in [6.45, 7) is 0. The molecule has 2 aliphatic rings. The van der Waals surface area contributed by atoms with E-state index in [-0.39, 0.29) is 18.1 Å². The number of benzene rings is 1. The van der Waals surface area contributed by atoms with Crippen LogP contribution in [-0.2, 0) is 12.8 Å². The van der Waals surface area contributed by atoms with Crippen LogP contribution < -0.4 is 10.1 Å². The van der Waals surface area contributed by atoms with Crippen molar-refractivity contribution in [1.29, 1.82) is 0 Å². The Bertz CT molecular complexity index is 1110. The summed E-state index contributed by atoms with van der Waals surface area (Å²) in [5, 5.41) is 21.5. The quantitative estimate of drug-likeness (QED) is 0.615. The second-order valence-corrected chi connectivity index (χ2v) is 8.83. The molecule has 1 aliphatic carbocycles. The highest BCUT2D eigenvalue weighted by Crippen LogP contribution is 2.37. The lowest BCUT2D eigenvalue weighted by molar-refractivity contribution is 0.139. The van der Waals surface area contributed by atoms with Gasteiger partial charge in [0.25, 0.3) is 0 Å². The number of pyridine rings is 1. The normalized spacial score (nSPS) is 22.3. The van der Waals surface area contributed by atoms with Crippen LogP contribution in [0.2, 0.25) is 5.02 Å². The van der Waals surface area contributed by atoms with E-state index in [1.54, 1.807) is 6.20 Å². The lowest BCUT2D eigenvalue weighted by Crippen LogP contribution is -2.36. The van der Waals surface area contributed by atoms with Crippen molar-refractivity contribution in [3.05, 3.63) is 64.8 Å². The minimum absolute atomic E-state index is 0.142. The van der Waals surface area contributed by atoms with Crippen molar-refractivity contribution in [3.8, 4) is 11.6 Å². The topological polar surface area (TPSA) is 102 Å². The molecule has 0 spiro atoms. The van der Waals surface area contributed by atoms with Crippen LogP contribution in [-0.4, -0.2) is 43.1 Å². The molecule has 1 atom stereocenters. The summed E-state index contributed by atoms with van der Waals surface area (Å²) in [5.74, 6) is 2.62. The maximum atomic E-state index is 11.3. The SMILES string of the molecule is O=C(O)NC1Cc2cc(Cl)ccc2-n2c(nnc2C2CCC(Oc3ccccn3)CC2)C1. The molecule has 32 heavy (non-hydrogen) atoms. The molecule has 9 heteroatoms. The maximum absolute atomic E-state index is 11.3. The van der Waals surface area contributed by atoms with E-state index in [9.17, 15) is 9.90 Å². The van der Waals surface area contributed by atoms with Crippen molar-refractivity contribution in [2.75, 3.05) is 0 Å². The van der Waals surface area contributed by atoms with Crippen LogP contribution in [0.5, 0.6) is 5.88 Å². The van der Waals surface area contributed by atoms with Gasteiger partial charge in [0.15, 0.2) is 0 Å². The number of nitrogens with zero attached hydrogens (tertiary/aromatic N) is 4. The maximum Gasteiger partial charge on any atom is 0.404 e. The number of fused-ring (bicyclic) bond motifs is 3. The average Bonchev–Trinajstić information content (AvgIpc) is 3.11. The highest BCUT2D eigenvalue weighted by Gasteiger charge is 2.32. The van der Waals surface area contributed by atoms with E-state index >= 15 is 0 Å². The van der Waals surface area contributed by atoms with Gasteiger partial charge in [-0.15, -0.1) is 10.2 Å². The number of hydrogen-bond donors (Lipinski definition) is 2. The molecular formula is C23H24ClN5O3. The molecule has 2 N–H and O–H groups in total. The Labute approximate surface area is 190 Å². The van der Waals surface area contributed by atoms with E-state index in [0.29, 0.717) is 23.7 Å². The van der Waals surface area contributed by atoms with Crippen LogP contribution in [0.4, 0.5) is 4.79 Å².